The molecule has 2 heterocycles. The summed E-state index contributed by atoms with van der Waals surface area (Å²) in [7, 11) is 0. The van der Waals surface area contributed by atoms with Gasteiger partial charge in [-0.05, 0) is 31.9 Å². The Kier molecular flexibility index (Phi) is 5.09. The van der Waals surface area contributed by atoms with Gasteiger partial charge in [0.05, 0.1) is 5.54 Å². The van der Waals surface area contributed by atoms with Gasteiger partial charge in [0.2, 0.25) is 5.91 Å². The van der Waals surface area contributed by atoms with Crippen LogP contribution in [0.15, 0.2) is 24.5 Å². The van der Waals surface area contributed by atoms with Crippen molar-refractivity contribution < 1.29 is 4.79 Å². The number of aromatic nitrogens is 1. The van der Waals surface area contributed by atoms with Gasteiger partial charge >= 0.3 is 0 Å². The van der Waals surface area contributed by atoms with Crippen molar-refractivity contribution in [3.05, 3.63) is 30.1 Å². The molecule has 5 heteroatoms. The summed E-state index contributed by atoms with van der Waals surface area (Å²) in [5.41, 5.74) is 0.699. The quantitative estimate of drug-likeness (QED) is 0.818. The summed E-state index contributed by atoms with van der Waals surface area (Å²) in [6, 6.07) is 3.95. The number of hydrogen-bond donors (Lipinski definition) is 2. The molecule has 0 atom stereocenters. The number of carbonyl (C=O) groups excluding carboxylic acids is 1. The Morgan fingerprint density at radius 1 is 1.45 bits per heavy atom. The molecule has 1 amide bonds. The Bertz CT molecular complexity index is 427. The smallest absolute Gasteiger partial charge is 0.239 e. The summed E-state index contributed by atoms with van der Waals surface area (Å²) in [5, 5.41) is 6.35. The molecule has 0 spiro atoms. The number of amides is 1. The van der Waals surface area contributed by atoms with E-state index in [1.165, 1.54) is 0 Å². The van der Waals surface area contributed by atoms with E-state index >= 15 is 0 Å². The summed E-state index contributed by atoms with van der Waals surface area (Å²) >= 11 is 0. The molecule has 110 valence electrons. The lowest BCUT2D eigenvalue weighted by Gasteiger charge is -2.39. The first-order chi connectivity index (χ1) is 9.60. The maximum atomic E-state index is 12.4. The number of carbonyl (C=O) groups is 1. The van der Waals surface area contributed by atoms with E-state index in [9.17, 15) is 4.79 Å². The first-order valence-electron chi connectivity index (χ1n) is 7.23. The Balaban J connectivity index is 1.81. The fraction of sp³-hybridized carbons (Fsp3) is 0.600. The molecule has 1 aromatic rings. The highest BCUT2D eigenvalue weighted by molar-refractivity contribution is 5.85. The van der Waals surface area contributed by atoms with Crippen LogP contribution in [0.3, 0.4) is 0 Å². The second-order valence-corrected chi connectivity index (χ2v) is 5.66. The molecule has 0 unspecified atom stereocenters. The van der Waals surface area contributed by atoms with E-state index in [-0.39, 0.29) is 5.91 Å². The highest BCUT2D eigenvalue weighted by atomic mass is 16.2. The number of nitrogens with one attached hydrogen (secondary N) is 2. The predicted octanol–water partition coefficient (Wildman–Crippen LogP) is 0.424. The van der Waals surface area contributed by atoms with Crippen molar-refractivity contribution in [3.8, 4) is 0 Å². The van der Waals surface area contributed by atoms with Gasteiger partial charge in [0.25, 0.3) is 0 Å². The van der Waals surface area contributed by atoms with Crippen molar-refractivity contribution in [3.63, 3.8) is 0 Å². The summed E-state index contributed by atoms with van der Waals surface area (Å²) in [6.07, 6.45) is 4.42. The van der Waals surface area contributed by atoms with Gasteiger partial charge in [0.15, 0.2) is 0 Å². The van der Waals surface area contributed by atoms with Gasteiger partial charge in [0, 0.05) is 45.1 Å². The van der Waals surface area contributed by atoms with E-state index in [1.807, 2.05) is 32.2 Å². The van der Waals surface area contributed by atoms with Gasteiger partial charge in [-0.1, -0.05) is 6.07 Å². The number of hydrogen-bond acceptors (Lipinski definition) is 4. The SMILES string of the molecule is CC(C)(C(=O)NCCc1cccnc1)N1CCNCC1. The zero-order valence-corrected chi connectivity index (χ0v) is 12.4. The van der Waals surface area contributed by atoms with Crippen LogP contribution in [-0.4, -0.2) is 54.1 Å². The molecule has 1 fully saturated rings. The number of pyridine rings is 1. The third-order valence-corrected chi connectivity index (χ3v) is 3.89. The van der Waals surface area contributed by atoms with Crippen molar-refractivity contribution in [1.82, 2.24) is 20.5 Å². The zero-order valence-electron chi connectivity index (χ0n) is 12.4. The largest absolute Gasteiger partial charge is 0.354 e. The first kappa shape index (κ1) is 14.9. The van der Waals surface area contributed by atoms with Gasteiger partial charge in [-0.2, -0.15) is 0 Å². The minimum atomic E-state index is -0.447. The van der Waals surface area contributed by atoms with E-state index in [1.54, 1.807) is 6.20 Å². The molecular formula is C15H24N4O. The van der Waals surface area contributed by atoms with Crippen LogP contribution in [0.2, 0.25) is 0 Å². The average Bonchev–Trinajstić information content (AvgIpc) is 2.49. The van der Waals surface area contributed by atoms with Crippen molar-refractivity contribution in [2.45, 2.75) is 25.8 Å². The Morgan fingerprint density at radius 2 is 2.20 bits per heavy atom. The predicted molar refractivity (Wildman–Crippen MR) is 79.5 cm³/mol. The first-order valence-corrected chi connectivity index (χ1v) is 7.23. The molecule has 0 aliphatic carbocycles. The minimum Gasteiger partial charge on any atom is -0.354 e. The van der Waals surface area contributed by atoms with Crippen LogP contribution in [0.1, 0.15) is 19.4 Å². The molecule has 20 heavy (non-hydrogen) atoms. The zero-order chi connectivity index (χ0) is 14.4. The Hall–Kier alpha value is -1.46. The third kappa shape index (κ3) is 3.77. The molecule has 0 radical (unpaired) electrons. The fourth-order valence-electron chi connectivity index (χ4n) is 2.45. The van der Waals surface area contributed by atoms with Gasteiger partial charge in [-0.25, -0.2) is 0 Å². The van der Waals surface area contributed by atoms with Crippen LogP contribution in [0.25, 0.3) is 0 Å². The molecule has 2 N–H and O–H groups in total. The summed E-state index contributed by atoms with van der Waals surface area (Å²) in [6.45, 7) is 8.39. The van der Waals surface area contributed by atoms with E-state index in [0.717, 1.165) is 38.2 Å². The van der Waals surface area contributed by atoms with Crippen LogP contribution >= 0.6 is 0 Å². The van der Waals surface area contributed by atoms with Crippen molar-refractivity contribution >= 4 is 5.91 Å². The molecule has 1 aliphatic rings. The lowest BCUT2D eigenvalue weighted by molar-refractivity contribution is -0.132. The second kappa shape index (κ2) is 6.81. The number of piperazine rings is 1. The molecule has 2 rings (SSSR count). The molecule has 5 nitrogen and oxygen atoms in total. The maximum Gasteiger partial charge on any atom is 0.239 e. The molecule has 1 saturated heterocycles. The summed E-state index contributed by atoms with van der Waals surface area (Å²) in [4.78, 5) is 18.7. The molecular weight excluding hydrogens is 252 g/mol. The molecule has 1 aliphatic heterocycles. The normalized spacial score (nSPS) is 16.9. The Morgan fingerprint density at radius 3 is 2.85 bits per heavy atom. The third-order valence-electron chi connectivity index (χ3n) is 3.89. The van der Waals surface area contributed by atoms with E-state index < -0.39 is 5.54 Å². The maximum absolute atomic E-state index is 12.4. The van der Waals surface area contributed by atoms with Gasteiger partial charge in [-0.15, -0.1) is 0 Å². The number of nitrogens with zero attached hydrogens (tertiary/aromatic N) is 2. The lowest BCUT2D eigenvalue weighted by Crippen LogP contribution is -2.60. The van der Waals surface area contributed by atoms with Crippen molar-refractivity contribution in [2.75, 3.05) is 32.7 Å². The standard InChI is InChI=1S/C15H24N4O/c1-15(2,19-10-8-16-9-11-19)14(20)18-7-5-13-4-3-6-17-12-13/h3-4,6,12,16H,5,7-11H2,1-2H3,(H,18,20). The van der Waals surface area contributed by atoms with Gasteiger partial charge in [-0.3, -0.25) is 14.7 Å². The van der Waals surface area contributed by atoms with Crippen LogP contribution < -0.4 is 10.6 Å². The van der Waals surface area contributed by atoms with Crippen molar-refractivity contribution in [2.24, 2.45) is 0 Å². The lowest BCUT2D eigenvalue weighted by atomic mass is 10.0. The van der Waals surface area contributed by atoms with Crippen LogP contribution in [0.5, 0.6) is 0 Å². The molecule has 0 bridgehead atoms. The van der Waals surface area contributed by atoms with Crippen molar-refractivity contribution in [1.29, 1.82) is 0 Å². The minimum absolute atomic E-state index is 0.100. The molecule has 0 aromatic carbocycles. The van der Waals surface area contributed by atoms with E-state index in [0.29, 0.717) is 6.54 Å². The van der Waals surface area contributed by atoms with Gasteiger partial charge in [0.1, 0.15) is 0 Å². The molecule has 0 saturated carbocycles. The fourth-order valence-corrected chi connectivity index (χ4v) is 2.45. The van der Waals surface area contributed by atoms with Crippen LogP contribution in [-0.2, 0) is 11.2 Å². The van der Waals surface area contributed by atoms with Crippen LogP contribution in [0.4, 0.5) is 0 Å². The highest BCUT2D eigenvalue weighted by Crippen LogP contribution is 2.15. The molecule has 1 aromatic heterocycles. The summed E-state index contributed by atoms with van der Waals surface area (Å²) < 4.78 is 0. The van der Waals surface area contributed by atoms with Gasteiger partial charge < -0.3 is 10.6 Å². The summed E-state index contributed by atoms with van der Waals surface area (Å²) in [5.74, 6) is 0.100. The van der Waals surface area contributed by atoms with E-state index in [4.69, 9.17) is 0 Å². The van der Waals surface area contributed by atoms with E-state index in [2.05, 4.69) is 20.5 Å². The highest BCUT2D eigenvalue weighted by Gasteiger charge is 2.34. The topological polar surface area (TPSA) is 57.3 Å². The number of rotatable bonds is 5. The van der Waals surface area contributed by atoms with Crippen LogP contribution in [0, 0.1) is 0 Å². The average molecular weight is 276 g/mol. The monoisotopic (exact) mass is 276 g/mol. The Labute approximate surface area is 120 Å². The second-order valence-electron chi connectivity index (χ2n) is 5.66.